The van der Waals surface area contributed by atoms with Crippen LogP contribution in [0.15, 0.2) is 303 Å². The lowest BCUT2D eigenvalue weighted by Crippen LogP contribution is -2.19. The molecule has 0 aliphatic heterocycles. The molecule has 0 spiro atoms. The molecule has 0 aliphatic carbocycles. The average Bonchev–Trinajstić information content (AvgIpc) is 3.66. The molecule has 3 heteroatoms. The maximum absolute atomic E-state index is 7.17. The van der Waals surface area contributed by atoms with Gasteiger partial charge in [0, 0.05) is 50.0 Å². The molecule has 380 valence electrons. The molecule has 0 saturated carbocycles. The van der Waals surface area contributed by atoms with Crippen LogP contribution in [0.5, 0.6) is 0 Å². The first-order valence-electron chi connectivity index (χ1n) is 27.1. The SMILES string of the molecule is CC(C)(C)c1cc(N(c2cccc(Cl)c2)c2c(-c3ccccc3)cc(-c3ccccc3)cc2-c2ccccc2)cc(N(c2cccc(-c3ccccc3)c2)c2c(-c3ccccc3)cc(-c3ccccc3)cc2-c2ccccc2)c1. The number of rotatable bonds is 13. The second kappa shape index (κ2) is 22.2. The smallest absolute Gasteiger partial charge is 0.0618 e. The van der Waals surface area contributed by atoms with Gasteiger partial charge in [0.25, 0.3) is 0 Å². The Kier molecular flexibility index (Phi) is 14.2. The third kappa shape index (κ3) is 10.7. The summed E-state index contributed by atoms with van der Waals surface area (Å²) in [5, 5.41) is 0.649. The van der Waals surface area contributed by atoms with Crippen molar-refractivity contribution in [2.24, 2.45) is 0 Å². The van der Waals surface area contributed by atoms with Crippen LogP contribution in [0.3, 0.4) is 0 Å². The molecule has 2 nitrogen and oxygen atoms in total. The Bertz CT molecular complexity index is 3900. The summed E-state index contributed by atoms with van der Waals surface area (Å²) in [5.74, 6) is 0. The molecule has 0 N–H and O–H groups in total. The second-order valence-electron chi connectivity index (χ2n) is 21.1. The summed E-state index contributed by atoms with van der Waals surface area (Å²) in [5.41, 5.74) is 22.6. The van der Waals surface area contributed by atoms with E-state index >= 15 is 0 Å². The number of hydrogen-bond donors (Lipinski definition) is 0. The van der Waals surface area contributed by atoms with E-state index in [9.17, 15) is 0 Å². The molecule has 0 amide bonds. The maximum atomic E-state index is 7.17. The van der Waals surface area contributed by atoms with Crippen molar-refractivity contribution >= 4 is 45.7 Å². The monoisotopic (exact) mass is 1030 g/mol. The van der Waals surface area contributed by atoms with Crippen LogP contribution in [0.1, 0.15) is 26.3 Å². The van der Waals surface area contributed by atoms with Crippen molar-refractivity contribution < 1.29 is 0 Å². The zero-order valence-electron chi connectivity index (χ0n) is 44.6. The van der Waals surface area contributed by atoms with Gasteiger partial charge in [-0.3, -0.25) is 0 Å². The summed E-state index contributed by atoms with van der Waals surface area (Å²) in [6.45, 7) is 6.96. The van der Waals surface area contributed by atoms with Gasteiger partial charge in [-0.15, -0.1) is 0 Å². The first-order valence-corrected chi connectivity index (χ1v) is 27.5. The lowest BCUT2D eigenvalue weighted by molar-refractivity contribution is 0.590. The molecule has 0 radical (unpaired) electrons. The predicted molar refractivity (Wildman–Crippen MR) is 338 cm³/mol. The minimum absolute atomic E-state index is 0.300. The highest BCUT2D eigenvalue weighted by molar-refractivity contribution is 6.31. The third-order valence-corrected chi connectivity index (χ3v) is 15.0. The Morgan fingerprint density at radius 2 is 0.532 bits per heavy atom. The van der Waals surface area contributed by atoms with Crippen LogP contribution in [0, 0.1) is 0 Å². The van der Waals surface area contributed by atoms with Crippen LogP contribution < -0.4 is 9.80 Å². The number of nitrogens with zero attached hydrogens (tertiary/aromatic N) is 2. The van der Waals surface area contributed by atoms with Crippen molar-refractivity contribution in [2.45, 2.75) is 26.2 Å². The van der Waals surface area contributed by atoms with E-state index in [-0.39, 0.29) is 5.41 Å². The maximum Gasteiger partial charge on any atom is 0.0618 e. The molecular formula is C76H59ClN2. The van der Waals surface area contributed by atoms with Crippen LogP contribution in [-0.4, -0.2) is 0 Å². The average molecular weight is 1040 g/mol. The predicted octanol–water partition coefficient (Wildman–Crippen LogP) is 22.2. The Balaban J connectivity index is 1.23. The van der Waals surface area contributed by atoms with Crippen molar-refractivity contribution in [1.82, 2.24) is 0 Å². The Hall–Kier alpha value is -9.47. The van der Waals surface area contributed by atoms with Gasteiger partial charge in [0.2, 0.25) is 0 Å². The summed E-state index contributed by atoms with van der Waals surface area (Å²) in [6.07, 6.45) is 0. The lowest BCUT2D eigenvalue weighted by Gasteiger charge is -2.36. The van der Waals surface area contributed by atoms with Gasteiger partial charge in [-0.1, -0.05) is 263 Å². The van der Waals surface area contributed by atoms with Crippen LogP contribution in [0.25, 0.3) is 77.9 Å². The molecule has 12 aromatic rings. The van der Waals surface area contributed by atoms with E-state index in [1.54, 1.807) is 0 Å². The van der Waals surface area contributed by atoms with Gasteiger partial charge in [-0.25, -0.2) is 0 Å². The highest BCUT2D eigenvalue weighted by Crippen LogP contribution is 2.54. The van der Waals surface area contributed by atoms with E-state index in [0.29, 0.717) is 5.02 Å². The summed E-state index contributed by atoms with van der Waals surface area (Å²) >= 11 is 7.17. The highest BCUT2D eigenvalue weighted by Gasteiger charge is 2.30. The van der Waals surface area contributed by atoms with Gasteiger partial charge < -0.3 is 9.80 Å². The highest BCUT2D eigenvalue weighted by atomic mass is 35.5. The van der Waals surface area contributed by atoms with Gasteiger partial charge in [-0.2, -0.15) is 0 Å². The molecule has 0 aromatic heterocycles. The summed E-state index contributed by atoms with van der Waals surface area (Å²) in [7, 11) is 0. The summed E-state index contributed by atoms with van der Waals surface area (Å²) < 4.78 is 0. The Morgan fingerprint density at radius 3 is 0.861 bits per heavy atom. The lowest BCUT2D eigenvalue weighted by atomic mass is 9.85. The summed E-state index contributed by atoms with van der Waals surface area (Å²) in [6, 6.07) is 110. The topological polar surface area (TPSA) is 6.48 Å². The van der Waals surface area contributed by atoms with Crippen LogP contribution >= 0.6 is 11.6 Å². The molecule has 0 heterocycles. The van der Waals surface area contributed by atoms with E-state index in [2.05, 4.69) is 328 Å². The molecule has 0 saturated heterocycles. The quantitative estimate of drug-likeness (QED) is 0.114. The van der Waals surface area contributed by atoms with Crippen molar-refractivity contribution in [1.29, 1.82) is 0 Å². The van der Waals surface area contributed by atoms with E-state index in [1.807, 2.05) is 6.07 Å². The Labute approximate surface area is 470 Å². The van der Waals surface area contributed by atoms with Crippen molar-refractivity contribution in [3.05, 3.63) is 314 Å². The van der Waals surface area contributed by atoms with Gasteiger partial charge in [0.05, 0.1) is 11.4 Å². The van der Waals surface area contributed by atoms with Gasteiger partial charge in [0.1, 0.15) is 0 Å². The molecular weight excluding hydrogens is 976 g/mol. The number of hydrogen-bond acceptors (Lipinski definition) is 2. The van der Waals surface area contributed by atoms with Crippen molar-refractivity contribution in [3.63, 3.8) is 0 Å². The zero-order valence-corrected chi connectivity index (χ0v) is 45.4. The van der Waals surface area contributed by atoms with Gasteiger partial charge in [-0.05, 0) is 139 Å². The fourth-order valence-electron chi connectivity index (χ4n) is 10.9. The fraction of sp³-hybridized carbons (Fsp3) is 0.0526. The molecule has 0 fully saturated rings. The van der Waals surface area contributed by atoms with E-state index in [4.69, 9.17) is 11.6 Å². The largest absolute Gasteiger partial charge is 0.309 e. The first-order chi connectivity index (χ1) is 38.7. The van der Waals surface area contributed by atoms with Gasteiger partial charge in [0.15, 0.2) is 0 Å². The van der Waals surface area contributed by atoms with Gasteiger partial charge >= 0.3 is 0 Å². The summed E-state index contributed by atoms with van der Waals surface area (Å²) in [4.78, 5) is 4.98. The molecule has 0 bridgehead atoms. The molecule has 79 heavy (non-hydrogen) atoms. The first kappa shape index (κ1) is 50.4. The Morgan fingerprint density at radius 1 is 0.241 bits per heavy atom. The minimum atomic E-state index is -0.300. The number of anilines is 6. The molecule has 0 atom stereocenters. The molecule has 0 aliphatic rings. The zero-order chi connectivity index (χ0) is 53.7. The van der Waals surface area contributed by atoms with E-state index in [0.717, 1.165) is 112 Å². The van der Waals surface area contributed by atoms with E-state index in [1.165, 1.54) is 5.56 Å². The van der Waals surface area contributed by atoms with Crippen LogP contribution in [0.4, 0.5) is 34.1 Å². The van der Waals surface area contributed by atoms with Crippen LogP contribution in [0.2, 0.25) is 5.02 Å². The molecule has 12 aromatic carbocycles. The molecule has 12 rings (SSSR count). The normalized spacial score (nSPS) is 11.3. The third-order valence-electron chi connectivity index (χ3n) is 14.8. The fourth-order valence-corrected chi connectivity index (χ4v) is 11.1. The van der Waals surface area contributed by atoms with Crippen molar-refractivity contribution in [2.75, 3.05) is 9.80 Å². The number of benzene rings is 12. The number of halogens is 1. The second-order valence-corrected chi connectivity index (χ2v) is 21.5. The van der Waals surface area contributed by atoms with Crippen molar-refractivity contribution in [3.8, 4) is 77.9 Å². The molecule has 0 unspecified atom stereocenters. The van der Waals surface area contributed by atoms with E-state index < -0.39 is 0 Å². The standard InChI is InChI=1S/C76H59ClN2/c1-76(2,3)64-50-68(53-69(51-64)79(67-44-26-42-65(77)52-67)75-72(59-37-21-9-22-38-59)48-63(56-31-15-6-16-32-56)49-73(75)60-39-23-10-24-40-60)78(66-43-25-41-61(45-66)54-27-11-4-12-28-54)74-70(57-33-17-7-18-34-57)46-62(55-29-13-5-14-30-55)47-71(74)58-35-19-8-20-36-58/h4-53H,1-3H3. The van der Waals surface area contributed by atoms with Crippen LogP contribution in [-0.2, 0) is 5.41 Å². The minimum Gasteiger partial charge on any atom is -0.309 e.